The molecular weight excluding hydrogens is 923 g/mol. The standard InChI is InChI=1S/C69H129NO5/c1-3-5-7-9-11-13-15-17-19-21-22-23-24-25-27-30-33-37-41-45-49-53-57-61-67(72)66(65-71)70-68(73)62-58-54-50-46-42-38-34-31-28-26-29-32-36-40-44-48-52-56-60-64-75-69(74)63-59-55-51-47-43-39-35-20-18-16-14-12-10-8-6-4-2/h14,16,20,32,35-36,40,44,66-67,71-72H,3-13,15,17-19,21-31,33-34,37-39,41-43,45-65H2,1-2H3,(H,70,73)/b16-14-,35-20-,36-32-,44-40-. The van der Waals surface area contributed by atoms with E-state index >= 15 is 0 Å². The molecule has 0 saturated heterocycles. The fraction of sp³-hybridized carbons (Fsp3) is 0.855. The van der Waals surface area contributed by atoms with Crippen molar-refractivity contribution in [2.45, 2.75) is 366 Å². The number of hydrogen-bond acceptors (Lipinski definition) is 5. The van der Waals surface area contributed by atoms with Gasteiger partial charge in [-0.2, -0.15) is 0 Å². The summed E-state index contributed by atoms with van der Waals surface area (Å²) in [7, 11) is 0. The Morgan fingerprint density at radius 2 is 0.707 bits per heavy atom. The Morgan fingerprint density at radius 1 is 0.387 bits per heavy atom. The number of aliphatic hydroxyl groups is 2. The Bertz CT molecular complexity index is 1260. The van der Waals surface area contributed by atoms with Crippen LogP contribution in [0, 0.1) is 0 Å². The van der Waals surface area contributed by atoms with Gasteiger partial charge in [0.15, 0.2) is 0 Å². The number of ether oxygens (including phenoxy) is 1. The Balaban J connectivity index is 3.48. The number of nitrogens with one attached hydrogen (secondary N) is 1. The zero-order valence-electron chi connectivity index (χ0n) is 50.3. The van der Waals surface area contributed by atoms with Crippen molar-refractivity contribution in [2.75, 3.05) is 13.2 Å². The first-order valence-corrected chi connectivity index (χ1v) is 33.4. The van der Waals surface area contributed by atoms with E-state index in [0.717, 1.165) is 77.0 Å². The van der Waals surface area contributed by atoms with E-state index in [1.54, 1.807) is 0 Å². The van der Waals surface area contributed by atoms with E-state index in [4.69, 9.17) is 4.74 Å². The summed E-state index contributed by atoms with van der Waals surface area (Å²) >= 11 is 0. The zero-order chi connectivity index (χ0) is 54.3. The quantitative estimate of drug-likeness (QED) is 0.0244. The topological polar surface area (TPSA) is 95.9 Å². The van der Waals surface area contributed by atoms with Crippen molar-refractivity contribution in [3.63, 3.8) is 0 Å². The highest BCUT2D eigenvalue weighted by Crippen LogP contribution is 2.18. The Labute approximate surface area is 467 Å². The number of allylic oxidation sites excluding steroid dienone is 8. The van der Waals surface area contributed by atoms with Crippen molar-refractivity contribution >= 4 is 11.9 Å². The summed E-state index contributed by atoms with van der Waals surface area (Å²) < 4.78 is 5.46. The van der Waals surface area contributed by atoms with Gasteiger partial charge in [-0.05, 0) is 89.9 Å². The van der Waals surface area contributed by atoms with Crippen LogP contribution in [-0.4, -0.2) is 47.4 Å². The molecule has 440 valence electrons. The van der Waals surface area contributed by atoms with E-state index in [-0.39, 0.29) is 18.5 Å². The van der Waals surface area contributed by atoms with Gasteiger partial charge in [-0.15, -0.1) is 0 Å². The Hall–Kier alpha value is -2.18. The normalized spacial score (nSPS) is 12.9. The van der Waals surface area contributed by atoms with E-state index in [1.807, 2.05) is 0 Å². The third-order valence-electron chi connectivity index (χ3n) is 15.4. The first-order valence-electron chi connectivity index (χ1n) is 33.4. The minimum atomic E-state index is -0.674. The number of rotatable bonds is 62. The molecule has 0 spiro atoms. The Morgan fingerprint density at radius 3 is 1.11 bits per heavy atom. The van der Waals surface area contributed by atoms with E-state index in [0.29, 0.717) is 25.9 Å². The summed E-state index contributed by atoms with van der Waals surface area (Å²) in [6, 6.07) is -0.552. The molecule has 6 heteroatoms. The molecule has 0 saturated carbocycles. The largest absolute Gasteiger partial charge is 0.466 e. The summed E-state index contributed by atoms with van der Waals surface area (Å²) in [5.41, 5.74) is 0. The predicted octanol–water partition coefficient (Wildman–Crippen LogP) is 21.3. The second kappa shape index (κ2) is 64.3. The lowest BCUT2D eigenvalue weighted by atomic mass is 10.0. The summed E-state index contributed by atoms with van der Waals surface area (Å²) in [4.78, 5) is 24.6. The first kappa shape index (κ1) is 72.8. The summed E-state index contributed by atoms with van der Waals surface area (Å²) in [5, 5.41) is 23.4. The molecule has 0 aromatic rings. The summed E-state index contributed by atoms with van der Waals surface area (Å²) in [6.45, 7) is 4.91. The van der Waals surface area contributed by atoms with Crippen LogP contribution in [0.5, 0.6) is 0 Å². The number of unbranched alkanes of at least 4 members (excludes halogenated alkanes) is 44. The van der Waals surface area contributed by atoms with Crippen LogP contribution < -0.4 is 5.32 Å². The highest BCUT2D eigenvalue weighted by atomic mass is 16.5. The molecule has 0 aliphatic rings. The fourth-order valence-corrected chi connectivity index (χ4v) is 10.3. The highest BCUT2D eigenvalue weighted by molar-refractivity contribution is 5.76. The van der Waals surface area contributed by atoms with E-state index in [2.05, 4.69) is 67.8 Å². The van der Waals surface area contributed by atoms with Gasteiger partial charge >= 0.3 is 5.97 Å². The van der Waals surface area contributed by atoms with Gasteiger partial charge < -0.3 is 20.3 Å². The van der Waals surface area contributed by atoms with Crippen LogP contribution >= 0.6 is 0 Å². The molecule has 0 fully saturated rings. The second-order valence-corrected chi connectivity index (χ2v) is 22.8. The van der Waals surface area contributed by atoms with Crippen LogP contribution in [0.3, 0.4) is 0 Å². The molecule has 0 rings (SSSR count). The average molecular weight is 1050 g/mol. The number of esters is 1. The lowest BCUT2D eigenvalue weighted by molar-refractivity contribution is -0.143. The smallest absolute Gasteiger partial charge is 0.305 e. The Kier molecular flexibility index (Phi) is 62.5. The highest BCUT2D eigenvalue weighted by Gasteiger charge is 2.20. The van der Waals surface area contributed by atoms with Crippen molar-refractivity contribution in [3.05, 3.63) is 48.6 Å². The monoisotopic (exact) mass is 1050 g/mol. The maximum atomic E-state index is 12.5. The van der Waals surface area contributed by atoms with Gasteiger partial charge in [0.2, 0.25) is 5.91 Å². The number of hydrogen-bond donors (Lipinski definition) is 3. The maximum absolute atomic E-state index is 12.5. The van der Waals surface area contributed by atoms with Crippen LogP contribution in [0.15, 0.2) is 48.6 Å². The number of carbonyl (C=O) groups excluding carboxylic acids is 2. The van der Waals surface area contributed by atoms with Crippen molar-refractivity contribution in [1.82, 2.24) is 5.32 Å². The second-order valence-electron chi connectivity index (χ2n) is 22.8. The lowest BCUT2D eigenvalue weighted by Gasteiger charge is -2.22. The molecule has 75 heavy (non-hydrogen) atoms. The van der Waals surface area contributed by atoms with Crippen molar-refractivity contribution in [1.29, 1.82) is 0 Å². The molecule has 2 atom stereocenters. The molecule has 0 aliphatic carbocycles. The summed E-state index contributed by atoms with van der Waals surface area (Å²) in [5.74, 6) is -0.0687. The predicted molar refractivity (Wildman–Crippen MR) is 329 cm³/mol. The van der Waals surface area contributed by atoms with Crippen molar-refractivity contribution in [3.8, 4) is 0 Å². The van der Waals surface area contributed by atoms with Crippen LogP contribution in [0.4, 0.5) is 0 Å². The van der Waals surface area contributed by atoms with E-state index in [1.165, 1.54) is 244 Å². The lowest BCUT2D eigenvalue weighted by Crippen LogP contribution is -2.45. The third kappa shape index (κ3) is 60.9. The molecular formula is C69H129NO5. The molecule has 0 aromatic carbocycles. The van der Waals surface area contributed by atoms with E-state index < -0.39 is 12.1 Å². The van der Waals surface area contributed by atoms with Crippen LogP contribution in [-0.2, 0) is 14.3 Å². The SMILES string of the molecule is CCCCCC/C=C\C/C=C\CCCCCCCC(=O)OCCCCC/C=C\C=C/CCCCCCCCCCCCC(=O)NC(CO)C(O)CCCCCCCCCCCCCCCCCCCCCCCCC. The molecule has 2 unspecified atom stereocenters. The molecule has 0 radical (unpaired) electrons. The average Bonchev–Trinajstić information content (AvgIpc) is 3.41. The fourth-order valence-electron chi connectivity index (χ4n) is 10.3. The van der Waals surface area contributed by atoms with Gasteiger partial charge in [0, 0.05) is 12.8 Å². The van der Waals surface area contributed by atoms with Gasteiger partial charge in [0.05, 0.1) is 25.4 Å². The zero-order valence-corrected chi connectivity index (χ0v) is 50.3. The van der Waals surface area contributed by atoms with E-state index in [9.17, 15) is 19.8 Å². The van der Waals surface area contributed by atoms with Crippen molar-refractivity contribution in [2.24, 2.45) is 0 Å². The van der Waals surface area contributed by atoms with Crippen LogP contribution in [0.1, 0.15) is 354 Å². The van der Waals surface area contributed by atoms with Crippen LogP contribution in [0.2, 0.25) is 0 Å². The number of carbonyl (C=O) groups is 2. The molecule has 3 N–H and O–H groups in total. The molecule has 0 aliphatic heterocycles. The third-order valence-corrected chi connectivity index (χ3v) is 15.4. The van der Waals surface area contributed by atoms with Gasteiger partial charge in [-0.1, -0.05) is 300 Å². The number of aliphatic hydroxyl groups excluding tert-OH is 2. The maximum Gasteiger partial charge on any atom is 0.305 e. The van der Waals surface area contributed by atoms with Gasteiger partial charge in [-0.3, -0.25) is 9.59 Å². The van der Waals surface area contributed by atoms with Crippen molar-refractivity contribution < 1.29 is 24.5 Å². The minimum Gasteiger partial charge on any atom is -0.466 e. The molecule has 0 aromatic heterocycles. The van der Waals surface area contributed by atoms with Gasteiger partial charge in [-0.25, -0.2) is 0 Å². The minimum absolute atomic E-state index is 0.0265. The van der Waals surface area contributed by atoms with Crippen LogP contribution in [0.25, 0.3) is 0 Å². The van der Waals surface area contributed by atoms with Gasteiger partial charge in [0.25, 0.3) is 0 Å². The summed E-state index contributed by atoms with van der Waals surface area (Å²) in [6.07, 6.45) is 82.8. The number of amides is 1. The first-order chi connectivity index (χ1) is 37.0. The molecule has 1 amide bonds. The molecule has 0 bridgehead atoms. The molecule has 0 heterocycles. The molecule has 6 nitrogen and oxygen atoms in total. The van der Waals surface area contributed by atoms with Gasteiger partial charge in [0.1, 0.15) is 0 Å².